The summed E-state index contributed by atoms with van der Waals surface area (Å²) in [6.07, 6.45) is 5.67. The monoisotopic (exact) mass is 372 g/mol. The number of benzene rings is 1. The molecule has 5 nitrogen and oxygen atoms in total. The first-order chi connectivity index (χ1) is 12.6. The second kappa shape index (κ2) is 7.37. The van der Waals surface area contributed by atoms with E-state index in [4.69, 9.17) is 4.74 Å². The molecule has 138 valence electrons. The van der Waals surface area contributed by atoms with Gasteiger partial charge in [-0.1, -0.05) is 36.4 Å². The van der Waals surface area contributed by atoms with E-state index < -0.39 is 10.0 Å². The second-order valence-corrected chi connectivity index (χ2v) is 9.14. The van der Waals surface area contributed by atoms with Gasteiger partial charge >= 0.3 is 0 Å². The predicted octanol–water partition coefficient (Wildman–Crippen LogP) is 3.03. The van der Waals surface area contributed by atoms with Crippen LogP contribution >= 0.6 is 0 Å². The minimum Gasteiger partial charge on any atom is -0.474 e. The fraction of sp³-hybridized carbons (Fsp3) is 0.450. The summed E-state index contributed by atoms with van der Waals surface area (Å²) in [6.45, 7) is 0. The Morgan fingerprint density at radius 1 is 1.00 bits per heavy atom. The van der Waals surface area contributed by atoms with Crippen molar-refractivity contribution in [2.45, 2.75) is 50.3 Å². The topological polar surface area (TPSA) is 59.5 Å². The van der Waals surface area contributed by atoms with Crippen molar-refractivity contribution in [2.75, 3.05) is 5.75 Å². The van der Waals surface area contributed by atoms with Crippen molar-refractivity contribution >= 4 is 10.0 Å². The van der Waals surface area contributed by atoms with Crippen molar-refractivity contribution < 1.29 is 13.2 Å². The number of piperidine rings is 1. The number of aromatic nitrogens is 1. The van der Waals surface area contributed by atoms with Crippen LogP contribution in [0.2, 0.25) is 0 Å². The Labute approximate surface area is 155 Å². The molecule has 1 aromatic carbocycles. The van der Waals surface area contributed by atoms with Crippen LogP contribution in [0.3, 0.4) is 0 Å². The van der Waals surface area contributed by atoms with E-state index in [0.29, 0.717) is 12.3 Å². The van der Waals surface area contributed by atoms with Gasteiger partial charge in [-0.05, 0) is 30.9 Å². The Morgan fingerprint density at radius 2 is 1.69 bits per heavy atom. The van der Waals surface area contributed by atoms with E-state index in [2.05, 4.69) is 4.98 Å². The Kier molecular flexibility index (Phi) is 4.96. The van der Waals surface area contributed by atoms with E-state index in [9.17, 15) is 8.42 Å². The number of pyridine rings is 1. The van der Waals surface area contributed by atoms with Crippen LogP contribution in [0.1, 0.15) is 31.2 Å². The Morgan fingerprint density at radius 3 is 2.35 bits per heavy atom. The Hall–Kier alpha value is -1.92. The number of ether oxygens (including phenoxy) is 1. The van der Waals surface area contributed by atoms with Crippen LogP contribution in [0.4, 0.5) is 0 Å². The third-order valence-electron chi connectivity index (χ3n) is 5.36. The zero-order valence-corrected chi connectivity index (χ0v) is 15.5. The summed E-state index contributed by atoms with van der Waals surface area (Å²) >= 11 is 0. The molecular formula is C20H24N2O3S. The van der Waals surface area contributed by atoms with Crippen molar-refractivity contribution in [3.05, 3.63) is 60.3 Å². The predicted molar refractivity (Wildman–Crippen MR) is 100 cm³/mol. The average molecular weight is 372 g/mol. The van der Waals surface area contributed by atoms with E-state index >= 15 is 0 Å². The van der Waals surface area contributed by atoms with Gasteiger partial charge in [0.25, 0.3) is 0 Å². The molecule has 2 saturated heterocycles. The zero-order valence-electron chi connectivity index (χ0n) is 14.7. The first kappa shape index (κ1) is 17.5. The minimum absolute atomic E-state index is 0.0444. The van der Waals surface area contributed by atoms with Gasteiger partial charge in [-0.2, -0.15) is 4.31 Å². The van der Waals surface area contributed by atoms with Gasteiger partial charge in [-0.25, -0.2) is 13.4 Å². The number of hydrogen-bond donors (Lipinski definition) is 0. The van der Waals surface area contributed by atoms with E-state index in [1.807, 2.05) is 48.5 Å². The molecule has 6 heteroatoms. The van der Waals surface area contributed by atoms with Crippen LogP contribution in [0.15, 0.2) is 54.7 Å². The lowest BCUT2D eigenvalue weighted by Crippen LogP contribution is -2.50. The number of rotatable bonds is 6. The van der Waals surface area contributed by atoms with Gasteiger partial charge in [0.1, 0.15) is 6.10 Å². The van der Waals surface area contributed by atoms with E-state index in [1.54, 1.807) is 10.5 Å². The lowest BCUT2D eigenvalue weighted by Gasteiger charge is -2.37. The molecule has 0 saturated carbocycles. The lowest BCUT2D eigenvalue weighted by molar-refractivity contribution is 0.0919. The second-order valence-electron chi connectivity index (χ2n) is 7.15. The van der Waals surface area contributed by atoms with Crippen LogP contribution in [0.5, 0.6) is 5.88 Å². The zero-order chi connectivity index (χ0) is 18.0. The van der Waals surface area contributed by atoms with Crippen LogP contribution in [-0.4, -0.2) is 41.6 Å². The fourth-order valence-electron chi connectivity index (χ4n) is 4.22. The van der Waals surface area contributed by atoms with Crippen molar-refractivity contribution in [2.24, 2.45) is 0 Å². The molecular weight excluding hydrogens is 348 g/mol. The molecule has 4 rings (SSSR count). The molecule has 0 radical (unpaired) electrons. The number of sulfonamides is 1. The molecule has 0 amide bonds. The third kappa shape index (κ3) is 3.76. The summed E-state index contributed by atoms with van der Waals surface area (Å²) in [4.78, 5) is 4.22. The molecule has 2 atom stereocenters. The molecule has 0 N–H and O–H groups in total. The molecule has 2 aromatic rings. The highest BCUT2D eigenvalue weighted by Gasteiger charge is 2.47. The number of hydrogen-bond acceptors (Lipinski definition) is 4. The summed E-state index contributed by atoms with van der Waals surface area (Å²) in [6, 6.07) is 15.5. The quantitative estimate of drug-likeness (QED) is 0.782. The summed E-state index contributed by atoms with van der Waals surface area (Å²) in [5.74, 6) is 0.799. The van der Waals surface area contributed by atoms with E-state index in [-0.39, 0.29) is 23.9 Å². The van der Waals surface area contributed by atoms with Crippen molar-refractivity contribution in [1.29, 1.82) is 0 Å². The maximum absolute atomic E-state index is 13.0. The first-order valence-corrected chi connectivity index (χ1v) is 10.9. The van der Waals surface area contributed by atoms with Crippen molar-refractivity contribution in [3.8, 4) is 5.88 Å². The van der Waals surface area contributed by atoms with E-state index in [0.717, 1.165) is 31.2 Å². The van der Waals surface area contributed by atoms with Crippen LogP contribution < -0.4 is 4.74 Å². The highest BCUT2D eigenvalue weighted by molar-refractivity contribution is 7.89. The molecule has 2 fully saturated rings. The van der Waals surface area contributed by atoms with Gasteiger partial charge in [0.15, 0.2) is 0 Å². The normalized spacial score (nSPS) is 25.9. The summed E-state index contributed by atoms with van der Waals surface area (Å²) in [5, 5.41) is 0. The largest absolute Gasteiger partial charge is 0.474 e. The lowest BCUT2D eigenvalue weighted by atomic mass is 10.0. The van der Waals surface area contributed by atoms with Crippen LogP contribution in [0, 0.1) is 0 Å². The maximum Gasteiger partial charge on any atom is 0.214 e. The summed E-state index contributed by atoms with van der Waals surface area (Å²) < 4.78 is 33.7. The molecule has 3 heterocycles. The molecule has 2 aliphatic heterocycles. The SMILES string of the molecule is O=S(=O)(CCc1ccccc1)N1C2CCC1CC(Oc1ccccn1)C2. The van der Waals surface area contributed by atoms with Gasteiger partial charge in [0, 0.05) is 37.2 Å². The average Bonchev–Trinajstić information content (AvgIpc) is 2.94. The number of fused-ring (bicyclic) bond motifs is 2. The van der Waals surface area contributed by atoms with Crippen molar-refractivity contribution in [1.82, 2.24) is 9.29 Å². The molecule has 0 spiro atoms. The fourth-order valence-corrected chi connectivity index (χ4v) is 6.21. The van der Waals surface area contributed by atoms with Crippen LogP contribution in [0.25, 0.3) is 0 Å². The van der Waals surface area contributed by atoms with Gasteiger partial charge in [0.05, 0.1) is 5.75 Å². The van der Waals surface area contributed by atoms with Gasteiger partial charge < -0.3 is 4.74 Å². The smallest absolute Gasteiger partial charge is 0.214 e. The summed E-state index contributed by atoms with van der Waals surface area (Å²) in [7, 11) is -3.25. The minimum atomic E-state index is -3.25. The molecule has 2 bridgehead atoms. The Balaban J connectivity index is 1.41. The Bertz CT molecular complexity index is 813. The first-order valence-electron chi connectivity index (χ1n) is 9.25. The molecule has 2 unspecified atom stereocenters. The van der Waals surface area contributed by atoms with Gasteiger partial charge in [-0.3, -0.25) is 0 Å². The molecule has 2 aliphatic rings. The number of nitrogens with zero attached hydrogens (tertiary/aromatic N) is 2. The molecule has 26 heavy (non-hydrogen) atoms. The van der Waals surface area contributed by atoms with Crippen LogP contribution in [-0.2, 0) is 16.4 Å². The van der Waals surface area contributed by atoms with Crippen molar-refractivity contribution in [3.63, 3.8) is 0 Å². The van der Waals surface area contributed by atoms with Gasteiger partial charge in [-0.15, -0.1) is 0 Å². The highest BCUT2D eigenvalue weighted by atomic mass is 32.2. The number of aryl methyl sites for hydroxylation is 1. The maximum atomic E-state index is 13.0. The molecule has 1 aromatic heterocycles. The third-order valence-corrected chi connectivity index (χ3v) is 7.32. The molecule has 0 aliphatic carbocycles. The van der Waals surface area contributed by atoms with Gasteiger partial charge in [0.2, 0.25) is 15.9 Å². The standard InChI is InChI=1S/C20H24N2O3S/c23-26(24,13-11-16-6-2-1-3-7-16)22-17-9-10-18(22)15-19(14-17)25-20-8-4-5-12-21-20/h1-8,12,17-19H,9-11,13-15H2. The summed E-state index contributed by atoms with van der Waals surface area (Å²) in [5.41, 5.74) is 1.07. The highest BCUT2D eigenvalue weighted by Crippen LogP contribution is 2.39. The van der Waals surface area contributed by atoms with E-state index in [1.165, 1.54) is 0 Å².